The number of aromatic hydroxyl groups is 1. The number of nitrogens with one attached hydrogen (secondary N) is 1. The Hall–Kier alpha value is -2.11. The average Bonchev–Trinajstić information content (AvgIpc) is 2.97. The molecular formula is C25H27NO2S2. The molecule has 0 aromatic heterocycles. The van der Waals surface area contributed by atoms with Crippen LogP contribution in [0.5, 0.6) is 5.75 Å². The van der Waals surface area contributed by atoms with Gasteiger partial charge < -0.3 is 10.4 Å². The summed E-state index contributed by atoms with van der Waals surface area (Å²) in [4.78, 5) is 12.6. The number of hydrogen-bond donors (Lipinski definition) is 2. The molecule has 2 N–H and O–H groups in total. The van der Waals surface area contributed by atoms with Crippen molar-refractivity contribution in [3.8, 4) is 16.9 Å². The molecule has 1 aliphatic carbocycles. The van der Waals surface area contributed by atoms with Crippen molar-refractivity contribution in [2.24, 2.45) is 0 Å². The maximum atomic E-state index is 12.0. The van der Waals surface area contributed by atoms with Crippen molar-refractivity contribution < 1.29 is 9.90 Å². The summed E-state index contributed by atoms with van der Waals surface area (Å²) in [5.41, 5.74) is 6.84. The van der Waals surface area contributed by atoms with Gasteiger partial charge in [0.05, 0.1) is 4.91 Å². The zero-order chi connectivity index (χ0) is 21.8. The number of rotatable bonds is 2. The van der Waals surface area contributed by atoms with E-state index in [0.717, 1.165) is 28.7 Å². The van der Waals surface area contributed by atoms with Gasteiger partial charge in [-0.25, -0.2) is 0 Å². The van der Waals surface area contributed by atoms with Crippen LogP contribution in [0.2, 0.25) is 0 Å². The van der Waals surface area contributed by atoms with Gasteiger partial charge in [-0.2, -0.15) is 0 Å². The largest absolute Gasteiger partial charge is 0.507 e. The van der Waals surface area contributed by atoms with Crippen LogP contribution >= 0.6 is 24.0 Å². The molecule has 30 heavy (non-hydrogen) atoms. The minimum Gasteiger partial charge on any atom is -0.507 e. The van der Waals surface area contributed by atoms with E-state index >= 15 is 0 Å². The summed E-state index contributed by atoms with van der Waals surface area (Å²) in [6.07, 6.45) is 4.13. The Morgan fingerprint density at radius 1 is 1.03 bits per heavy atom. The van der Waals surface area contributed by atoms with E-state index in [4.69, 9.17) is 12.2 Å². The lowest BCUT2D eigenvalue weighted by Crippen LogP contribution is -2.34. The molecular weight excluding hydrogens is 410 g/mol. The smallest absolute Gasteiger partial charge is 0.263 e. The van der Waals surface area contributed by atoms with Crippen molar-refractivity contribution >= 4 is 40.3 Å². The quantitative estimate of drug-likeness (QED) is 0.433. The second kappa shape index (κ2) is 7.24. The topological polar surface area (TPSA) is 49.3 Å². The molecule has 3 nitrogen and oxygen atoms in total. The van der Waals surface area contributed by atoms with Gasteiger partial charge in [0.2, 0.25) is 0 Å². The van der Waals surface area contributed by atoms with E-state index in [1.807, 2.05) is 18.2 Å². The number of hydrogen-bond acceptors (Lipinski definition) is 4. The second-order valence-electron chi connectivity index (χ2n) is 9.61. The lowest BCUT2D eigenvalue weighted by atomic mass is 9.62. The highest BCUT2D eigenvalue weighted by atomic mass is 32.2. The highest BCUT2D eigenvalue weighted by Gasteiger charge is 2.37. The number of fused-ring (bicyclic) bond motifs is 1. The zero-order valence-electron chi connectivity index (χ0n) is 18.1. The lowest BCUT2D eigenvalue weighted by Gasteiger charge is -2.42. The number of phenolic OH excluding ortho intramolecular Hbond substituents is 1. The fourth-order valence-corrected chi connectivity index (χ4v) is 5.49. The third-order valence-corrected chi connectivity index (χ3v) is 7.61. The van der Waals surface area contributed by atoms with Gasteiger partial charge in [0.15, 0.2) is 0 Å². The van der Waals surface area contributed by atoms with Crippen LogP contribution in [0.25, 0.3) is 17.2 Å². The minimum absolute atomic E-state index is 0.0940. The molecule has 1 saturated heterocycles. The molecule has 0 spiro atoms. The Morgan fingerprint density at radius 2 is 1.67 bits per heavy atom. The molecule has 0 unspecified atom stereocenters. The van der Waals surface area contributed by atoms with Crippen molar-refractivity contribution in [3.63, 3.8) is 0 Å². The van der Waals surface area contributed by atoms with E-state index in [1.54, 1.807) is 6.07 Å². The molecule has 0 atom stereocenters. The summed E-state index contributed by atoms with van der Waals surface area (Å²) in [6, 6.07) is 10.0. The van der Waals surface area contributed by atoms with Crippen LogP contribution in [0.1, 0.15) is 62.8 Å². The second-order valence-corrected chi connectivity index (χ2v) is 11.3. The van der Waals surface area contributed by atoms with Gasteiger partial charge in [0.1, 0.15) is 10.1 Å². The number of carbonyl (C=O) groups excluding carboxylic acids is 1. The highest BCUT2D eigenvalue weighted by Crippen LogP contribution is 2.48. The predicted molar refractivity (Wildman–Crippen MR) is 130 cm³/mol. The number of thiocarbonyl (C=S) groups is 1. The maximum absolute atomic E-state index is 12.0. The van der Waals surface area contributed by atoms with Gasteiger partial charge in [-0.05, 0) is 82.7 Å². The molecule has 2 aliphatic rings. The van der Waals surface area contributed by atoms with Crippen LogP contribution < -0.4 is 5.32 Å². The normalized spacial score (nSPS) is 20.9. The monoisotopic (exact) mass is 437 g/mol. The third kappa shape index (κ3) is 3.69. The van der Waals surface area contributed by atoms with Crippen LogP contribution in [0.15, 0.2) is 35.2 Å². The van der Waals surface area contributed by atoms with Gasteiger partial charge in [0.25, 0.3) is 5.91 Å². The van der Waals surface area contributed by atoms with Gasteiger partial charge in [-0.3, -0.25) is 4.79 Å². The molecule has 5 heteroatoms. The Bertz CT molecular complexity index is 1110. The van der Waals surface area contributed by atoms with Crippen molar-refractivity contribution in [2.45, 2.75) is 58.3 Å². The number of phenols is 1. The van der Waals surface area contributed by atoms with E-state index in [1.165, 1.54) is 29.3 Å². The molecule has 2 aromatic carbocycles. The van der Waals surface area contributed by atoms with Gasteiger partial charge in [0, 0.05) is 5.56 Å². The molecule has 2 aromatic rings. The lowest BCUT2D eigenvalue weighted by molar-refractivity contribution is -0.115. The van der Waals surface area contributed by atoms with Crippen LogP contribution in [-0.4, -0.2) is 15.3 Å². The van der Waals surface area contributed by atoms with Crippen molar-refractivity contribution in [1.29, 1.82) is 0 Å². The molecule has 0 radical (unpaired) electrons. The molecule has 1 fully saturated rings. The molecule has 4 rings (SSSR count). The Kier molecular flexibility index (Phi) is 5.10. The van der Waals surface area contributed by atoms with Gasteiger partial charge >= 0.3 is 0 Å². The minimum atomic E-state index is -0.173. The molecule has 1 amide bonds. The first-order chi connectivity index (χ1) is 14.0. The predicted octanol–water partition coefficient (Wildman–Crippen LogP) is 6.21. The molecule has 1 aliphatic heterocycles. The summed E-state index contributed by atoms with van der Waals surface area (Å²) >= 11 is 6.34. The van der Waals surface area contributed by atoms with E-state index in [9.17, 15) is 9.90 Å². The molecule has 156 valence electrons. The van der Waals surface area contributed by atoms with Crippen molar-refractivity contribution in [2.75, 3.05) is 0 Å². The first kappa shape index (κ1) is 21.1. The van der Waals surface area contributed by atoms with E-state index in [0.29, 0.717) is 9.23 Å². The number of carbonyl (C=O) groups is 1. The number of amides is 1. The van der Waals surface area contributed by atoms with Crippen LogP contribution in [0.4, 0.5) is 0 Å². The van der Waals surface area contributed by atoms with E-state index in [2.05, 4.69) is 52.1 Å². The van der Waals surface area contributed by atoms with Crippen LogP contribution in [0.3, 0.4) is 0 Å². The maximum Gasteiger partial charge on any atom is 0.263 e. The Morgan fingerprint density at radius 3 is 2.27 bits per heavy atom. The summed E-state index contributed by atoms with van der Waals surface area (Å²) in [7, 11) is 0. The Labute approximate surface area is 188 Å². The standard InChI is InChI=1S/C25H27NO2S2/c1-14-10-18-19(25(4,5)9-8-24(18,2)3)13-16(14)17-11-15(6-7-20(17)27)12-21-22(28)26-23(29)30-21/h6-7,10-13,27H,8-9H2,1-5H3,(H,26,28,29)/b21-12-. The third-order valence-electron chi connectivity index (χ3n) is 6.45. The molecule has 0 saturated carbocycles. The molecule has 0 bridgehead atoms. The summed E-state index contributed by atoms with van der Waals surface area (Å²) in [5.74, 6) is 0.0701. The van der Waals surface area contributed by atoms with Gasteiger partial charge in [-0.15, -0.1) is 0 Å². The van der Waals surface area contributed by atoms with Crippen molar-refractivity contribution in [1.82, 2.24) is 5.32 Å². The summed E-state index contributed by atoms with van der Waals surface area (Å²) in [5, 5.41) is 13.3. The first-order valence-electron chi connectivity index (χ1n) is 10.2. The number of aryl methyl sites for hydroxylation is 1. The van der Waals surface area contributed by atoms with E-state index < -0.39 is 0 Å². The Balaban J connectivity index is 1.84. The van der Waals surface area contributed by atoms with E-state index in [-0.39, 0.29) is 22.5 Å². The zero-order valence-corrected chi connectivity index (χ0v) is 19.7. The first-order valence-corrected chi connectivity index (χ1v) is 11.4. The van der Waals surface area contributed by atoms with Crippen LogP contribution in [-0.2, 0) is 15.6 Å². The summed E-state index contributed by atoms with van der Waals surface area (Å²) in [6.45, 7) is 11.4. The SMILES string of the molecule is Cc1cc2c(cc1-c1cc(/C=C3\SC(=S)NC3=O)ccc1O)C(C)(C)CCC2(C)C. The number of thioether (sulfide) groups is 1. The molecule has 1 heterocycles. The van der Waals surface area contributed by atoms with Crippen molar-refractivity contribution in [3.05, 3.63) is 57.5 Å². The average molecular weight is 438 g/mol. The highest BCUT2D eigenvalue weighted by molar-refractivity contribution is 8.26. The fourth-order valence-electron chi connectivity index (χ4n) is 4.44. The summed E-state index contributed by atoms with van der Waals surface area (Å²) < 4.78 is 0.473. The van der Waals surface area contributed by atoms with Gasteiger partial charge in [-0.1, -0.05) is 63.8 Å². The fraction of sp³-hybridized carbons (Fsp3) is 0.360. The van der Waals surface area contributed by atoms with Crippen LogP contribution in [0, 0.1) is 6.92 Å². The number of benzene rings is 2.